The highest BCUT2D eigenvalue weighted by Crippen LogP contribution is 2.01. The van der Waals surface area contributed by atoms with Crippen LogP contribution in [0.2, 0.25) is 0 Å². The molecule has 1 aromatic rings. The van der Waals surface area contributed by atoms with Gasteiger partial charge >= 0.3 is 0 Å². The van der Waals surface area contributed by atoms with Crippen molar-refractivity contribution in [2.75, 3.05) is 7.05 Å². The van der Waals surface area contributed by atoms with Gasteiger partial charge in [0, 0.05) is 37.1 Å². The molecule has 0 fully saturated rings. The summed E-state index contributed by atoms with van der Waals surface area (Å²) in [5.74, 6) is 0. The summed E-state index contributed by atoms with van der Waals surface area (Å²) in [6.07, 6.45) is 7.29. The van der Waals surface area contributed by atoms with Gasteiger partial charge in [0.15, 0.2) is 5.43 Å². The molecule has 0 aromatic carbocycles. The average molecular weight is 208 g/mol. The first-order chi connectivity index (χ1) is 7.22. The van der Waals surface area contributed by atoms with Gasteiger partial charge in [0.1, 0.15) is 0 Å². The second-order valence-corrected chi connectivity index (χ2v) is 3.96. The first-order valence-electron chi connectivity index (χ1n) is 5.56. The molecule has 1 aromatic heterocycles. The number of pyridine rings is 1. The highest BCUT2D eigenvalue weighted by atomic mass is 16.1. The Morgan fingerprint density at radius 3 is 2.60 bits per heavy atom. The van der Waals surface area contributed by atoms with Crippen LogP contribution < -0.4 is 10.7 Å². The molecule has 3 nitrogen and oxygen atoms in total. The Bertz CT molecular complexity index is 312. The topological polar surface area (TPSA) is 34.0 Å². The molecule has 0 spiro atoms. The Balaban J connectivity index is 2.20. The number of hydrogen-bond donors (Lipinski definition) is 1. The van der Waals surface area contributed by atoms with Crippen molar-refractivity contribution in [1.82, 2.24) is 9.88 Å². The SMILES string of the molecule is CNC(C)CCCCn1ccc(=O)cc1. The fraction of sp³-hybridized carbons (Fsp3) is 0.583. The van der Waals surface area contributed by atoms with E-state index in [-0.39, 0.29) is 5.43 Å². The second-order valence-electron chi connectivity index (χ2n) is 3.96. The molecule has 0 saturated heterocycles. The summed E-state index contributed by atoms with van der Waals surface area (Å²) in [7, 11) is 1.99. The second kappa shape index (κ2) is 6.40. The van der Waals surface area contributed by atoms with Crippen molar-refractivity contribution in [3.63, 3.8) is 0 Å². The van der Waals surface area contributed by atoms with Gasteiger partial charge in [-0.05, 0) is 26.8 Å². The molecular weight excluding hydrogens is 188 g/mol. The number of hydrogen-bond acceptors (Lipinski definition) is 2. The number of aryl methyl sites for hydroxylation is 1. The molecule has 0 bridgehead atoms. The van der Waals surface area contributed by atoms with Crippen LogP contribution in [0, 0.1) is 0 Å². The van der Waals surface area contributed by atoms with Gasteiger partial charge in [-0.25, -0.2) is 0 Å². The normalized spacial score (nSPS) is 12.7. The maximum Gasteiger partial charge on any atom is 0.181 e. The Labute approximate surface area is 91.1 Å². The third-order valence-electron chi connectivity index (χ3n) is 2.66. The number of rotatable bonds is 6. The largest absolute Gasteiger partial charge is 0.354 e. The molecule has 84 valence electrons. The summed E-state index contributed by atoms with van der Waals surface area (Å²) in [4.78, 5) is 10.9. The molecule has 0 aliphatic heterocycles. The predicted octanol–water partition coefficient (Wildman–Crippen LogP) is 1.63. The quantitative estimate of drug-likeness (QED) is 0.721. The molecule has 0 aliphatic rings. The van der Waals surface area contributed by atoms with E-state index in [9.17, 15) is 4.79 Å². The van der Waals surface area contributed by atoms with Crippen molar-refractivity contribution in [3.8, 4) is 0 Å². The maximum absolute atomic E-state index is 10.9. The third-order valence-corrected chi connectivity index (χ3v) is 2.66. The van der Waals surface area contributed by atoms with Gasteiger partial charge in [-0.3, -0.25) is 4.79 Å². The zero-order valence-corrected chi connectivity index (χ0v) is 9.57. The number of unbranched alkanes of at least 4 members (excludes halogenated alkanes) is 1. The van der Waals surface area contributed by atoms with E-state index >= 15 is 0 Å². The van der Waals surface area contributed by atoms with E-state index in [4.69, 9.17) is 0 Å². The van der Waals surface area contributed by atoms with Crippen molar-refractivity contribution in [2.24, 2.45) is 0 Å². The van der Waals surface area contributed by atoms with Gasteiger partial charge in [-0.15, -0.1) is 0 Å². The lowest BCUT2D eigenvalue weighted by atomic mass is 10.1. The highest BCUT2D eigenvalue weighted by Gasteiger charge is 1.97. The molecule has 15 heavy (non-hydrogen) atoms. The van der Waals surface area contributed by atoms with Crippen molar-refractivity contribution >= 4 is 0 Å². The lowest BCUT2D eigenvalue weighted by molar-refractivity contribution is 0.504. The van der Waals surface area contributed by atoms with E-state index in [1.54, 1.807) is 12.1 Å². The molecular formula is C12H20N2O. The van der Waals surface area contributed by atoms with Crippen LogP contribution in [0.5, 0.6) is 0 Å². The van der Waals surface area contributed by atoms with Gasteiger partial charge in [0.2, 0.25) is 0 Å². The van der Waals surface area contributed by atoms with Crippen LogP contribution in [0.25, 0.3) is 0 Å². The van der Waals surface area contributed by atoms with Crippen LogP contribution in [0.1, 0.15) is 26.2 Å². The average Bonchev–Trinajstić information content (AvgIpc) is 2.26. The highest BCUT2D eigenvalue weighted by molar-refractivity contribution is 4.93. The van der Waals surface area contributed by atoms with Crippen LogP contribution >= 0.6 is 0 Å². The molecule has 1 N–H and O–H groups in total. The van der Waals surface area contributed by atoms with Crippen LogP contribution in [-0.2, 0) is 6.54 Å². The molecule has 1 heterocycles. The van der Waals surface area contributed by atoms with E-state index < -0.39 is 0 Å². The molecule has 1 atom stereocenters. The summed E-state index contributed by atoms with van der Waals surface area (Å²) in [6, 6.07) is 3.81. The van der Waals surface area contributed by atoms with Crippen LogP contribution in [-0.4, -0.2) is 17.7 Å². The minimum atomic E-state index is 0.0788. The number of nitrogens with zero attached hydrogens (tertiary/aromatic N) is 1. The van der Waals surface area contributed by atoms with E-state index in [0.717, 1.165) is 13.0 Å². The minimum Gasteiger partial charge on any atom is -0.354 e. The lowest BCUT2D eigenvalue weighted by Gasteiger charge is -2.10. The fourth-order valence-electron chi connectivity index (χ4n) is 1.48. The van der Waals surface area contributed by atoms with Gasteiger partial charge in [0.25, 0.3) is 0 Å². The fourth-order valence-corrected chi connectivity index (χ4v) is 1.48. The Kier molecular flexibility index (Phi) is 5.12. The van der Waals surface area contributed by atoms with Crippen LogP contribution in [0.4, 0.5) is 0 Å². The van der Waals surface area contributed by atoms with E-state index in [2.05, 4.69) is 16.8 Å². The maximum atomic E-state index is 10.9. The summed E-state index contributed by atoms with van der Waals surface area (Å²) in [5, 5.41) is 3.22. The molecule has 0 radical (unpaired) electrons. The Morgan fingerprint density at radius 2 is 2.00 bits per heavy atom. The van der Waals surface area contributed by atoms with E-state index in [0.29, 0.717) is 6.04 Å². The lowest BCUT2D eigenvalue weighted by Crippen LogP contribution is -2.20. The number of nitrogens with one attached hydrogen (secondary N) is 1. The van der Waals surface area contributed by atoms with Crippen molar-refractivity contribution < 1.29 is 0 Å². The molecule has 0 saturated carbocycles. The zero-order valence-electron chi connectivity index (χ0n) is 9.57. The van der Waals surface area contributed by atoms with Crippen LogP contribution in [0.3, 0.4) is 0 Å². The summed E-state index contributed by atoms with van der Waals surface area (Å²) in [5.41, 5.74) is 0.0788. The van der Waals surface area contributed by atoms with E-state index in [1.165, 1.54) is 12.8 Å². The first-order valence-corrected chi connectivity index (χ1v) is 5.56. The van der Waals surface area contributed by atoms with Gasteiger partial charge in [0.05, 0.1) is 0 Å². The number of aromatic nitrogens is 1. The molecule has 3 heteroatoms. The molecule has 1 rings (SSSR count). The van der Waals surface area contributed by atoms with Crippen LogP contribution in [0.15, 0.2) is 29.3 Å². The van der Waals surface area contributed by atoms with Gasteiger partial charge in [-0.1, -0.05) is 6.42 Å². The first kappa shape index (κ1) is 12.0. The zero-order chi connectivity index (χ0) is 11.1. The van der Waals surface area contributed by atoms with Crippen molar-refractivity contribution in [3.05, 3.63) is 34.7 Å². The standard InChI is InChI=1S/C12H20N2O/c1-11(13-2)5-3-4-8-14-9-6-12(15)7-10-14/h6-7,9-11,13H,3-5,8H2,1-2H3. The van der Waals surface area contributed by atoms with E-state index in [1.807, 2.05) is 19.4 Å². The van der Waals surface area contributed by atoms with Crippen molar-refractivity contribution in [2.45, 2.75) is 38.8 Å². The minimum absolute atomic E-state index is 0.0788. The molecule has 1 unspecified atom stereocenters. The summed E-state index contributed by atoms with van der Waals surface area (Å²) in [6.45, 7) is 3.19. The van der Waals surface area contributed by atoms with Crippen molar-refractivity contribution in [1.29, 1.82) is 0 Å². The Hall–Kier alpha value is -1.09. The third kappa shape index (κ3) is 4.79. The summed E-state index contributed by atoms with van der Waals surface area (Å²) < 4.78 is 2.06. The molecule has 0 amide bonds. The van der Waals surface area contributed by atoms with Gasteiger partial charge in [-0.2, -0.15) is 0 Å². The van der Waals surface area contributed by atoms with Gasteiger partial charge < -0.3 is 9.88 Å². The summed E-state index contributed by atoms with van der Waals surface area (Å²) >= 11 is 0. The predicted molar refractivity (Wildman–Crippen MR) is 63.1 cm³/mol. The Morgan fingerprint density at radius 1 is 1.33 bits per heavy atom. The monoisotopic (exact) mass is 208 g/mol. The molecule has 0 aliphatic carbocycles. The smallest absolute Gasteiger partial charge is 0.181 e.